The molecule has 150 valence electrons. The van der Waals surface area contributed by atoms with Crippen LogP contribution in [0.5, 0.6) is 5.75 Å². The molecule has 2 aromatic rings. The van der Waals surface area contributed by atoms with E-state index in [2.05, 4.69) is 10.0 Å². The Hall–Kier alpha value is -2.58. The number of ether oxygens (including phenoxy) is 1. The summed E-state index contributed by atoms with van der Waals surface area (Å²) in [7, 11) is -1.61. The number of hydrogen-bond donors (Lipinski definition) is 2. The molecule has 2 aromatic carbocycles. The van der Waals surface area contributed by atoms with Crippen LogP contribution in [-0.4, -0.2) is 47.1 Å². The van der Waals surface area contributed by atoms with E-state index in [0.29, 0.717) is 25.3 Å². The van der Waals surface area contributed by atoms with Crippen molar-refractivity contribution in [2.75, 3.05) is 31.6 Å². The normalized spacial score (nSPS) is 16.2. The standard InChI is InChI=1S/C20H25N3O4S/c1-15-8-10-16(11-9-15)28(25,26)22-13-5-12-21-20(24)19-14-23(2)17-6-3-4-7-18(17)27-19/h3-4,6-11,19,22H,5,12-14H2,1-2H3,(H,21,24). The quantitative estimate of drug-likeness (QED) is 0.687. The predicted molar refractivity (Wildman–Crippen MR) is 108 cm³/mol. The lowest BCUT2D eigenvalue weighted by atomic mass is 10.2. The number of carbonyl (C=O) groups excluding carboxylic acids is 1. The first-order valence-electron chi connectivity index (χ1n) is 9.18. The molecule has 0 saturated carbocycles. The fourth-order valence-corrected chi connectivity index (χ4v) is 4.04. The molecular formula is C20H25N3O4S. The van der Waals surface area contributed by atoms with E-state index in [1.165, 1.54) is 0 Å². The van der Waals surface area contributed by atoms with Gasteiger partial charge >= 0.3 is 0 Å². The van der Waals surface area contributed by atoms with Crippen molar-refractivity contribution in [3.63, 3.8) is 0 Å². The molecule has 2 N–H and O–H groups in total. The molecule has 7 nitrogen and oxygen atoms in total. The van der Waals surface area contributed by atoms with Gasteiger partial charge in [0.05, 0.1) is 17.1 Å². The second kappa shape index (κ2) is 8.62. The van der Waals surface area contributed by atoms with Crippen LogP contribution in [0, 0.1) is 6.92 Å². The smallest absolute Gasteiger partial charge is 0.262 e. The van der Waals surface area contributed by atoms with E-state index in [0.717, 1.165) is 11.3 Å². The Morgan fingerprint density at radius 3 is 2.61 bits per heavy atom. The van der Waals surface area contributed by atoms with Crippen LogP contribution in [0.25, 0.3) is 0 Å². The second-order valence-corrected chi connectivity index (χ2v) is 8.58. The zero-order valence-corrected chi connectivity index (χ0v) is 16.8. The number of rotatable bonds is 7. The summed E-state index contributed by atoms with van der Waals surface area (Å²) in [5.41, 5.74) is 1.96. The molecule has 0 aliphatic carbocycles. The van der Waals surface area contributed by atoms with Gasteiger partial charge in [-0.1, -0.05) is 29.8 Å². The Balaban J connectivity index is 1.43. The lowest BCUT2D eigenvalue weighted by molar-refractivity contribution is -0.127. The van der Waals surface area contributed by atoms with Crippen molar-refractivity contribution in [2.24, 2.45) is 0 Å². The minimum Gasteiger partial charge on any atom is -0.477 e. The summed E-state index contributed by atoms with van der Waals surface area (Å²) < 4.78 is 32.8. The van der Waals surface area contributed by atoms with E-state index >= 15 is 0 Å². The lowest BCUT2D eigenvalue weighted by Crippen LogP contribution is -2.48. The van der Waals surface area contributed by atoms with E-state index in [1.54, 1.807) is 24.3 Å². The monoisotopic (exact) mass is 403 g/mol. The molecule has 0 fully saturated rings. The van der Waals surface area contributed by atoms with Gasteiger partial charge in [-0.25, -0.2) is 13.1 Å². The van der Waals surface area contributed by atoms with E-state index in [9.17, 15) is 13.2 Å². The number of carbonyl (C=O) groups is 1. The van der Waals surface area contributed by atoms with Crippen LogP contribution in [0.15, 0.2) is 53.4 Å². The second-order valence-electron chi connectivity index (χ2n) is 6.81. The fraction of sp³-hybridized carbons (Fsp3) is 0.350. The van der Waals surface area contributed by atoms with Crippen LogP contribution >= 0.6 is 0 Å². The molecule has 1 heterocycles. The summed E-state index contributed by atoms with van der Waals surface area (Å²) in [6.45, 7) is 2.97. The van der Waals surface area contributed by atoms with E-state index < -0.39 is 16.1 Å². The van der Waals surface area contributed by atoms with Gasteiger partial charge in [0.15, 0.2) is 6.10 Å². The summed E-state index contributed by atoms with van der Waals surface area (Å²) in [5.74, 6) is 0.477. The molecule has 1 aliphatic rings. The molecule has 3 rings (SSSR count). The molecule has 1 unspecified atom stereocenters. The third-order valence-electron chi connectivity index (χ3n) is 4.55. The van der Waals surface area contributed by atoms with Gasteiger partial charge in [0.2, 0.25) is 10.0 Å². The van der Waals surface area contributed by atoms with Crippen molar-refractivity contribution in [2.45, 2.75) is 24.3 Å². The van der Waals surface area contributed by atoms with Crippen LogP contribution in [0.2, 0.25) is 0 Å². The lowest BCUT2D eigenvalue weighted by Gasteiger charge is -2.32. The highest BCUT2D eigenvalue weighted by atomic mass is 32.2. The predicted octanol–water partition coefficient (Wildman–Crippen LogP) is 1.68. The van der Waals surface area contributed by atoms with Crippen LogP contribution in [-0.2, 0) is 14.8 Å². The Morgan fingerprint density at radius 2 is 1.86 bits per heavy atom. The van der Waals surface area contributed by atoms with Gasteiger partial charge in [-0.3, -0.25) is 4.79 Å². The van der Waals surface area contributed by atoms with Crippen molar-refractivity contribution in [1.82, 2.24) is 10.0 Å². The van der Waals surface area contributed by atoms with Crippen molar-refractivity contribution in [3.05, 3.63) is 54.1 Å². The summed E-state index contributed by atoms with van der Waals surface area (Å²) in [5, 5.41) is 2.81. The van der Waals surface area contributed by atoms with Crippen LogP contribution < -0.4 is 19.7 Å². The first-order chi connectivity index (χ1) is 13.4. The Bertz CT molecular complexity index is 929. The molecule has 1 atom stereocenters. The number of hydrogen-bond acceptors (Lipinski definition) is 5. The highest BCUT2D eigenvalue weighted by molar-refractivity contribution is 7.89. The molecule has 0 bridgehead atoms. The number of aryl methyl sites for hydroxylation is 1. The van der Waals surface area contributed by atoms with E-state index in [-0.39, 0.29) is 17.3 Å². The molecule has 1 aliphatic heterocycles. The van der Waals surface area contributed by atoms with Crippen molar-refractivity contribution in [1.29, 1.82) is 0 Å². The van der Waals surface area contributed by atoms with Gasteiger partial charge in [-0.2, -0.15) is 0 Å². The minimum absolute atomic E-state index is 0.206. The van der Waals surface area contributed by atoms with Gasteiger partial charge in [0.1, 0.15) is 5.75 Å². The van der Waals surface area contributed by atoms with Crippen LogP contribution in [0.4, 0.5) is 5.69 Å². The molecule has 0 radical (unpaired) electrons. The SMILES string of the molecule is Cc1ccc(S(=O)(=O)NCCCNC(=O)C2CN(C)c3ccccc3O2)cc1. The highest BCUT2D eigenvalue weighted by Gasteiger charge is 2.28. The zero-order chi connectivity index (χ0) is 20.1. The maximum atomic E-state index is 12.4. The topological polar surface area (TPSA) is 87.7 Å². The van der Waals surface area contributed by atoms with Gasteiger partial charge < -0.3 is 15.0 Å². The molecule has 8 heteroatoms. The first-order valence-corrected chi connectivity index (χ1v) is 10.7. The number of likely N-dealkylation sites (N-methyl/N-ethyl adjacent to an activating group) is 1. The number of benzene rings is 2. The van der Waals surface area contributed by atoms with Crippen molar-refractivity contribution < 1.29 is 17.9 Å². The number of para-hydroxylation sites is 2. The first kappa shape index (κ1) is 20.2. The zero-order valence-electron chi connectivity index (χ0n) is 16.0. The molecule has 0 spiro atoms. The van der Waals surface area contributed by atoms with Gasteiger partial charge in [0, 0.05) is 20.1 Å². The number of sulfonamides is 1. The van der Waals surface area contributed by atoms with Gasteiger partial charge in [-0.15, -0.1) is 0 Å². The van der Waals surface area contributed by atoms with Crippen molar-refractivity contribution in [3.8, 4) is 5.75 Å². The summed E-state index contributed by atoms with van der Waals surface area (Å²) in [4.78, 5) is 14.6. The summed E-state index contributed by atoms with van der Waals surface area (Å²) >= 11 is 0. The molecule has 0 aromatic heterocycles. The van der Waals surface area contributed by atoms with Crippen LogP contribution in [0.3, 0.4) is 0 Å². The third kappa shape index (κ3) is 4.82. The van der Waals surface area contributed by atoms with Gasteiger partial charge in [0.25, 0.3) is 5.91 Å². The third-order valence-corrected chi connectivity index (χ3v) is 6.03. The summed E-state index contributed by atoms with van der Waals surface area (Å²) in [6, 6.07) is 14.3. The molecule has 28 heavy (non-hydrogen) atoms. The van der Waals surface area contributed by atoms with Crippen LogP contribution in [0.1, 0.15) is 12.0 Å². The average molecular weight is 404 g/mol. The van der Waals surface area contributed by atoms with Crippen molar-refractivity contribution >= 4 is 21.6 Å². The maximum Gasteiger partial charge on any atom is 0.262 e. The van der Waals surface area contributed by atoms with E-state index in [4.69, 9.17) is 4.74 Å². The minimum atomic E-state index is -3.53. The Morgan fingerprint density at radius 1 is 1.14 bits per heavy atom. The number of anilines is 1. The number of fused-ring (bicyclic) bond motifs is 1. The number of amides is 1. The van der Waals surface area contributed by atoms with E-state index in [1.807, 2.05) is 43.1 Å². The largest absolute Gasteiger partial charge is 0.477 e. The maximum absolute atomic E-state index is 12.4. The molecule has 0 saturated heterocycles. The number of nitrogens with one attached hydrogen (secondary N) is 2. The number of nitrogens with zero attached hydrogens (tertiary/aromatic N) is 1. The fourth-order valence-electron chi connectivity index (χ4n) is 2.97. The van der Waals surface area contributed by atoms with Gasteiger partial charge in [-0.05, 0) is 37.6 Å². The summed E-state index contributed by atoms with van der Waals surface area (Å²) in [6.07, 6.45) is -0.111. The highest BCUT2D eigenvalue weighted by Crippen LogP contribution is 2.31. The Kier molecular flexibility index (Phi) is 6.21. The molecular weight excluding hydrogens is 378 g/mol. The molecule has 1 amide bonds. The Labute approximate surface area is 165 Å². The average Bonchev–Trinajstić information content (AvgIpc) is 2.68.